The Morgan fingerprint density at radius 3 is 2.85 bits per heavy atom. The Labute approximate surface area is 120 Å². The van der Waals surface area contributed by atoms with E-state index in [1.165, 1.54) is 0 Å². The van der Waals surface area contributed by atoms with Crippen LogP contribution in [0.2, 0.25) is 0 Å². The number of hydrogen-bond donors (Lipinski definition) is 1. The second-order valence-corrected chi connectivity index (χ2v) is 5.29. The van der Waals surface area contributed by atoms with E-state index in [9.17, 15) is 0 Å². The van der Waals surface area contributed by atoms with Gasteiger partial charge in [-0.05, 0) is 29.6 Å². The summed E-state index contributed by atoms with van der Waals surface area (Å²) < 4.78 is 0. The minimum Gasteiger partial charge on any atom is -0.338 e. The Bertz CT molecular complexity index is 791. The molecule has 0 atom stereocenters. The van der Waals surface area contributed by atoms with Gasteiger partial charge in [-0.2, -0.15) is 11.3 Å². The summed E-state index contributed by atoms with van der Waals surface area (Å²) in [5.74, 6) is 0.796. The highest BCUT2D eigenvalue weighted by atomic mass is 32.1. The number of rotatable bonds is 1. The SMILES string of the molecule is c1cnc2c(c1)N=C(c1ccsc1)c1ccccc1N2. The average Bonchev–Trinajstić information content (AvgIpc) is 2.96. The number of hydrogen-bond acceptors (Lipinski definition) is 4. The summed E-state index contributed by atoms with van der Waals surface area (Å²) in [6, 6.07) is 14.2. The zero-order chi connectivity index (χ0) is 13.4. The van der Waals surface area contributed by atoms with Gasteiger partial charge in [-0.15, -0.1) is 0 Å². The second kappa shape index (κ2) is 4.58. The zero-order valence-corrected chi connectivity index (χ0v) is 11.4. The largest absolute Gasteiger partial charge is 0.338 e. The third-order valence-corrected chi connectivity index (χ3v) is 3.93. The van der Waals surface area contributed by atoms with Gasteiger partial charge in [0.05, 0.1) is 5.71 Å². The van der Waals surface area contributed by atoms with Gasteiger partial charge in [0.25, 0.3) is 0 Å². The van der Waals surface area contributed by atoms with Crippen LogP contribution in [0.25, 0.3) is 0 Å². The molecule has 0 unspecified atom stereocenters. The van der Waals surface area contributed by atoms with E-state index in [1.807, 2.05) is 24.3 Å². The standard InChI is InChI=1S/C16H11N3S/c1-2-5-13-12(4-1)15(11-7-9-20-10-11)18-14-6-3-8-17-16(14)19-13/h1-10H,(H,17,19). The molecule has 4 heteroatoms. The molecule has 2 aromatic heterocycles. The number of para-hydroxylation sites is 1. The van der Waals surface area contributed by atoms with Crippen molar-refractivity contribution in [2.45, 2.75) is 0 Å². The van der Waals surface area contributed by atoms with Gasteiger partial charge < -0.3 is 5.32 Å². The van der Waals surface area contributed by atoms with Crippen LogP contribution in [-0.2, 0) is 0 Å². The maximum absolute atomic E-state index is 4.82. The highest BCUT2D eigenvalue weighted by molar-refractivity contribution is 7.08. The summed E-state index contributed by atoms with van der Waals surface area (Å²) in [5, 5.41) is 7.57. The third kappa shape index (κ3) is 1.82. The van der Waals surface area contributed by atoms with Crippen LogP contribution in [0, 0.1) is 0 Å². The van der Waals surface area contributed by atoms with Crippen molar-refractivity contribution >= 4 is 34.2 Å². The number of pyridine rings is 1. The molecule has 20 heavy (non-hydrogen) atoms. The molecular formula is C16H11N3S. The fourth-order valence-electron chi connectivity index (χ4n) is 2.31. The van der Waals surface area contributed by atoms with Gasteiger partial charge in [-0.25, -0.2) is 9.98 Å². The van der Waals surface area contributed by atoms with Crippen LogP contribution in [0.5, 0.6) is 0 Å². The fraction of sp³-hybridized carbons (Fsp3) is 0. The lowest BCUT2D eigenvalue weighted by Gasteiger charge is -2.08. The summed E-state index contributed by atoms with van der Waals surface area (Å²) in [5.41, 5.74) is 5.13. The average molecular weight is 277 g/mol. The van der Waals surface area contributed by atoms with Crippen LogP contribution in [0.3, 0.4) is 0 Å². The number of benzene rings is 1. The van der Waals surface area contributed by atoms with Crippen molar-refractivity contribution in [1.82, 2.24) is 4.98 Å². The third-order valence-electron chi connectivity index (χ3n) is 3.25. The van der Waals surface area contributed by atoms with E-state index in [0.29, 0.717) is 0 Å². The molecule has 0 spiro atoms. The van der Waals surface area contributed by atoms with Gasteiger partial charge in [-0.3, -0.25) is 0 Å². The van der Waals surface area contributed by atoms with E-state index in [2.05, 4.69) is 39.3 Å². The molecule has 1 aliphatic rings. The van der Waals surface area contributed by atoms with E-state index in [0.717, 1.165) is 34.0 Å². The topological polar surface area (TPSA) is 37.3 Å². The van der Waals surface area contributed by atoms with Crippen molar-refractivity contribution in [3.8, 4) is 0 Å². The molecule has 0 bridgehead atoms. The number of anilines is 2. The number of aromatic nitrogens is 1. The normalized spacial score (nSPS) is 12.7. The van der Waals surface area contributed by atoms with Crippen LogP contribution >= 0.6 is 11.3 Å². The summed E-state index contributed by atoms with van der Waals surface area (Å²) >= 11 is 1.68. The molecule has 0 amide bonds. The van der Waals surface area contributed by atoms with Gasteiger partial charge in [0, 0.05) is 28.4 Å². The molecule has 96 valence electrons. The predicted molar refractivity (Wildman–Crippen MR) is 83.6 cm³/mol. The Kier molecular flexibility index (Phi) is 2.60. The van der Waals surface area contributed by atoms with Crippen LogP contribution < -0.4 is 5.32 Å². The van der Waals surface area contributed by atoms with Crippen LogP contribution in [0.4, 0.5) is 17.2 Å². The van der Waals surface area contributed by atoms with E-state index in [-0.39, 0.29) is 0 Å². The van der Waals surface area contributed by atoms with E-state index in [4.69, 9.17) is 4.99 Å². The summed E-state index contributed by atoms with van der Waals surface area (Å²) in [4.78, 5) is 9.20. The lowest BCUT2D eigenvalue weighted by molar-refractivity contribution is 1.30. The molecule has 0 saturated heterocycles. The van der Waals surface area contributed by atoms with Gasteiger partial charge in [0.2, 0.25) is 0 Å². The molecule has 0 fully saturated rings. The molecule has 1 aliphatic heterocycles. The molecule has 1 N–H and O–H groups in total. The molecule has 3 aromatic rings. The molecule has 0 aliphatic carbocycles. The number of nitrogens with one attached hydrogen (secondary N) is 1. The van der Waals surface area contributed by atoms with Crippen LogP contribution in [-0.4, -0.2) is 10.7 Å². The Morgan fingerprint density at radius 2 is 1.95 bits per heavy atom. The first-order chi connectivity index (χ1) is 9.92. The summed E-state index contributed by atoms with van der Waals surface area (Å²) in [6.45, 7) is 0. The fourth-order valence-corrected chi connectivity index (χ4v) is 2.95. The minimum atomic E-state index is 0.796. The van der Waals surface area contributed by atoms with Crippen molar-refractivity contribution in [3.63, 3.8) is 0 Å². The van der Waals surface area contributed by atoms with Gasteiger partial charge >= 0.3 is 0 Å². The van der Waals surface area contributed by atoms with Crippen LogP contribution in [0.1, 0.15) is 11.1 Å². The summed E-state index contributed by atoms with van der Waals surface area (Å²) in [7, 11) is 0. The summed E-state index contributed by atoms with van der Waals surface area (Å²) in [6.07, 6.45) is 1.78. The highest BCUT2D eigenvalue weighted by Gasteiger charge is 2.17. The van der Waals surface area contributed by atoms with Gasteiger partial charge in [-0.1, -0.05) is 18.2 Å². The Hall–Kier alpha value is -2.46. The van der Waals surface area contributed by atoms with Gasteiger partial charge in [0.15, 0.2) is 5.82 Å². The monoisotopic (exact) mass is 277 g/mol. The predicted octanol–water partition coefficient (Wildman–Crippen LogP) is 4.37. The van der Waals surface area contributed by atoms with Crippen LogP contribution in [0.15, 0.2) is 64.4 Å². The first-order valence-electron chi connectivity index (χ1n) is 6.34. The number of aliphatic imine (C=N–C) groups is 1. The molecule has 4 rings (SSSR count). The smallest absolute Gasteiger partial charge is 0.156 e. The number of thiophene rings is 1. The highest BCUT2D eigenvalue weighted by Crippen LogP contribution is 2.33. The van der Waals surface area contributed by atoms with E-state index in [1.54, 1.807) is 17.5 Å². The van der Waals surface area contributed by atoms with E-state index < -0.39 is 0 Å². The minimum absolute atomic E-state index is 0.796. The first kappa shape index (κ1) is 11.4. The lowest BCUT2D eigenvalue weighted by Crippen LogP contribution is -2.03. The van der Waals surface area contributed by atoms with Crippen molar-refractivity contribution in [1.29, 1.82) is 0 Å². The van der Waals surface area contributed by atoms with Crippen molar-refractivity contribution in [2.24, 2.45) is 4.99 Å². The van der Waals surface area contributed by atoms with Crippen molar-refractivity contribution < 1.29 is 0 Å². The van der Waals surface area contributed by atoms with Crippen molar-refractivity contribution in [2.75, 3.05) is 5.32 Å². The molecule has 3 nitrogen and oxygen atoms in total. The molecule has 0 saturated carbocycles. The molecule has 3 heterocycles. The molecular weight excluding hydrogens is 266 g/mol. The maximum atomic E-state index is 4.82. The quantitative estimate of drug-likeness (QED) is 0.561. The lowest BCUT2D eigenvalue weighted by atomic mass is 10.0. The Morgan fingerprint density at radius 1 is 1.00 bits per heavy atom. The van der Waals surface area contributed by atoms with Crippen molar-refractivity contribution in [3.05, 3.63) is 70.5 Å². The zero-order valence-electron chi connectivity index (χ0n) is 10.6. The molecule has 0 radical (unpaired) electrons. The first-order valence-corrected chi connectivity index (χ1v) is 7.29. The van der Waals surface area contributed by atoms with Gasteiger partial charge in [0.1, 0.15) is 5.69 Å². The maximum Gasteiger partial charge on any atom is 0.156 e. The molecule has 1 aromatic carbocycles. The second-order valence-electron chi connectivity index (χ2n) is 4.51. The van der Waals surface area contributed by atoms with E-state index >= 15 is 0 Å². The number of fused-ring (bicyclic) bond motifs is 2. The Balaban J connectivity index is 2.01. The number of nitrogens with zero attached hydrogens (tertiary/aromatic N) is 2.